The zero-order valence-electron chi connectivity index (χ0n) is 13.8. The lowest BCUT2D eigenvalue weighted by Crippen LogP contribution is -2.08. The number of hydrogen-bond acceptors (Lipinski definition) is 7. The second kappa shape index (κ2) is 7.99. The van der Waals surface area contributed by atoms with Crippen LogP contribution in [0.3, 0.4) is 0 Å². The summed E-state index contributed by atoms with van der Waals surface area (Å²) in [6, 6.07) is 10.2. The van der Waals surface area contributed by atoms with Crippen LogP contribution in [0.5, 0.6) is 5.88 Å². The number of aliphatic hydroxyl groups excluding tert-OH is 1. The Morgan fingerprint density at radius 2 is 2.04 bits per heavy atom. The number of methoxy groups -OCH3 is 1. The Hall–Kier alpha value is -2.90. The third kappa shape index (κ3) is 3.68. The molecule has 134 valence electrons. The number of halogens is 1. The minimum absolute atomic E-state index is 0.00163. The molecule has 0 aliphatic heterocycles. The van der Waals surface area contributed by atoms with Gasteiger partial charge < -0.3 is 19.1 Å². The molecular weight excluding hydrogens is 360 g/mol. The second-order valence-corrected chi connectivity index (χ2v) is 5.67. The standard InChI is InChI=1S/C18H15ClN2O5/c1-24-18(23)13-3-2-8-20-17(13)25-10-14-15(9-22)26-21-16(14)11-4-6-12(19)7-5-11/h2-8,22H,9-10H2,1H3. The number of benzene rings is 1. The van der Waals surface area contributed by atoms with Crippen molar-refractivity contribution in [3.8, 4) is 17.1 Å². The number of carbonyl (C=O) groups is 1. The molecule has 3 rings (SSSR count). The highest BCUT2D eigenvalue weighted by atomic mass is 35.5. The number of esters is 1. The van der Waals surface area contributed by atoms with Gasteiger partial charge in [-0.15, -0.1) is 0 Å². The summed E-state index contributed by atoms with van der Waals surface area (Å²) in [5.41, 5.74) is 2.02. The summed E-state index contributed by atoms with van der Waals surface area (Å²) in [4.78, 5) is 15.9. The van der Waals surface area contributed by atoms with Crippen LogP contribution in [-0.4, -0.2) is 28.3 Å². The van der Waals surface area contributed by atoms with Crippen LogP contribution in [0.15, 0.2) is 47.1 Å². The van der Waals surface area contributed by atoms with Crippen LogP contribution in [-0.2, 0) is 18.0 Å². The molecule has 1 N–H and O–H groups in total. The molecule has 0 aliphatic rings. The van der Waals surface area contributed by atoms with E-state index in [1.165, 1.54) is 13.3 Å². The molecule has 2 aromatic heterocycles. The van der Waals surface area contributed by atoms with Crippen molar-refractivity contribution in [2.45, 2.75) is 13.2 Å². The van der Waals surface area contributed by atoms with E-state index in [2.05, 4.69) is 10.1 Å². The Kier molecular flexibility index (Phi) is 5.50. The lowest BCUT2D eigenvalue weighted by atomic mass is 10.1. The molecule has 8 heteroatoms. The third-order valence-corrected chi connectivity index (χ3v) is 3.91. The van der Waals surface area contributed by atoms with Gasteiger partial charge in [-0.3, -0.25) is 0 Å². The van der Waals surface area contributed by atoms with Crippen molar-refractivity contribution in [2.75, 3.05) is 7.11 Å². The van der Waals surface area contributed by atoms with Crippen LogP contribution in [0.4, 0.5) is 0 Å². The molecule has 0 amide bonds. The summed E-state index contributed by atoms with van der Waals surface area (Å²) in [6.07, 6.45) is 1.50. The van der Waals surface area contributed by atoms with Crippen LogP contribution in [0, 0.1) is 0 Å². The smallest absolute Gasteiger partial charge is 0.343 e. The molecule has 1 aromatic carbocycles. The molecule has 0 radical (unpaired) electrons. The number of rotatable bonds is 6. The number of hydrogen-bond donors (Lipinski definition) is 1. The SMILES string of the molecule is COC(=O)c1cccnc1OCc1c(-c2ccc(Cl)cc2)noc1CO. The minimum atomic E-state index is -0.557. The average Bonchev–Trinajstić information content (AvgIpc) is 3.09. The molecule has 2 heterocycles. The number of pyridine rings is 1. The Bertz CT molecular complexity index is 908. The summed E-state index contributed by atoms with van der Waals surface area (Å²) in [5.74, 6) is -0.171. The molecule has 7 nitrogen and oxygen atoms in total. The summed E-state index contributed by atoms with van der Waals surface area (Å²) in [7, 11) is 1.28. The Morgan fingerprint density at radius 1 is 1.27 bits per heavy atom. The van der Waals surface area contributed by atoms with Gasteiger partial charge >= 0.3 is 5.97 Å². The number of aliphatic hydroxyl groups is 1. The first kappa shape index (κ1) is 17.9. The fourth-order valence-corrected chi connectivity index (χ4v) is 2.49. The predicted octanol–water partition coefficient (Wildman–Crippen LogP) is 3.25. The highest BCUT2D eigenvalue weighted by Crippen LogP contribution is 2.28. The van der Waals surface area contributed by atoms with Crippen LogP contribution >= 0.6 is 11.6 Å². The van der Waals surface area contributed by atoms with Crippen LogP contribution in [0.2, 0.25) is 5.02 Å². The van der Waals surface area contributed by atoms with E-state index in [-0.39, 0.29) is 30.4 Å². The topological polar surface area (TPSA) is 94.7 Å². The second-order valence-electron chi connectivity index (χ2n) is 5.23. The first-order valence-electron chi connectivity index (χ1n) is 7.64. The first-order chi connectivity index (χ1) is 12.6. The zero-order valence-corrected chi connectivity index (χ0v) is 14.6. The highest BCUT2D eigenvalue weighted by Gasteiger charge is 2.20. The van der Waals surface area contributed by atoms with Crippen LogP contribution in [0.25, 0.3) is 11.3 Å². The Balaban J connectivity index is 1.90. The summed E-state index contributed by atoms with van der Waals surface area (Å²) < 4.78 is 15.6. The lowest BCUT2D eigenvalue weighted by molar-refractivity contribution is 0.0594. The minimum Gasteiger partial charge on any atom is -0.472 e. The Morgan fingerprint density at radius 3 is 2.73 bits per heavy atom. The zero-order chi connectivity index (χ0) is 18.5. The van der Waals surface area contributed by atoms with E-state index in [1.54, 1.807) is 36.4 Å². The van der Waals surface area contributed by atoms with Crippen molar-refractivity contribution in [1.29, 1.82) is 0 Å². The number of aromatic nitrogens is 2. The Labute approximate surface area is 154 Å². The summed E-state index contributed by atoms with van der Waals surface area (Å²) in [6.45, 7) is -0.344. The van der Waals surface area contributed by atoms with Gasteiger partial charge in [0.25, 0.3) is 0 Å². The molecule has 0 bridgehead atoms. The van der Waals surface area contributed by atoms with Crippen molar-refractivity contribution < 1.29 is 23.9 Å². The van der Waals surface area contributed by atoms with E-state index in [4.69, 9.17) is 25.6 Å². The van der Waals surface area contributed by atoms with Crippen molar-refractivity contribution in [3.63, 3.8) is 0 Å². The molecule has 0 atom stereocenters. The van der Waals surface area contributed by atoms with E-state index in [1.807, 2.05) is 0 Å². The van der Waals surface area contributed by atoms with Gasteiger partial charge in [-0.05, 0) is 24.3 Å². The van der Waals surface area contributed by atoms with Gasteiger partial charge in [-0.2, -0.15) is 0 Å². The van der Waals surface area contributed by atoms with Gasteiger partial charge in [0.15, 0.2) is 5.76 Å². The van der Waals surface area contributed by atoms with Gasteiger partial charge in [0.05, 0.1) is 12.7 Å². The van der Waals surface area contributed by atoms with Gasteiger partial charge in [0.1, 0.15) is 24.5 Å². The monoisotopic (exact) mass is 374 g/mol. The third-order valence-electron chi connectivity index (χ3n) is 3.66. The maximum absolute atomic E-state index is 11.8. The maximum atomic E-state index is 11.8. The van der Waals surface area contributed by atoms with Crippen LogP contribution in [0.1, 0.15) is 21.7 Å². The van der Waals surface area contributed by atoms with Gasteiger partial charge in [-0.25, -0.2) is 9.78 Å². The molecule has 0 aliphatic carbocycles. The molecule has 26 heavy (non-hydrogen) atoms. The molecular formula is C18H15ClN2O5. The lowest BCUT2D eigenvalue weighted by Gasteiger charge is -2.09. The largest absolute Gasteiger partial charge is 0.472 e. The normalized spacial score (nSPS) is 10.6. The van der Waals surface area contributed by atoms with Gasteiger partial charge in [0.2, 0.25) is 5.88 Å². The fraction of sp³-hybridized carbons (Fsp3) is 0.167. The van der Waals surface area contributed by atoms with E-state index in [0.29, 0.717) is 16.3 Å². The van der Waals surface area contributed by atoms with Gasteiger partial charge in [0, 0.05) is 16.8 Å². The van der Waals surface area contributed by atoms with Crippen molar-refractivity contribution >= 4 is 17.6 Å². The van der Waals surface area contributed by atoms with E-state index < -0.39 is 5.97 Å². The molecule has 0 saturated carbocycles. The molecule has 0 spiro atoms. The number of nitrogens with zero attached hydrogens (tertiary/aromatic N) is 2. The van der Waals surface area contributed by atoms with E-state index in [0.717, 1.165) is 5.56 Å². The van der Waals surface area contributed by atoms with E-state index in [9.17, 15) is 9.90 Å². The fourth-order valence-electron chi connectivity index (χ4n) is 2.36. The van der Waals surface area contributed by atoms with Gasteiger partial charge in [-0.1, -0.05) is 28.9 Å². The maximum Gasteiger partial charge on any atom is 0.343 e. The first-order valence-corrected chi connectivity index (χ1v) is 8.02. The number of ether oxygens (including phenoxy) is 2. The average molecular weight is 375 g/mol. The van der Waals surface area contributed by atoms with Crippen LogP contribution < -0.4 is 4.74 Å². The molecule has 3 aromatic rings. The molecule has 0 unspecified atom stereocenters. The summed E-state index contributed by atoms with van der Waals surface area (Å²) >= 11 is 5.91. The predicted molar refractivity (Wildman–Crippen MR) is 92.8 cm³/mol. The highest BCUT2D eigenvalue weighted by molar-refractivity contribution is 6.30. The van der Waals surface area contributed by atoms with Crippen molar-refractivity contribution in [1.82, 2.24) is 10.1 Å². The molecule has 0 fully saturated rings. The molecule has 0 saturated heterocycles. The number of carbonyl (C=O) groups excluding carboxylic acids is 1. The van der Waals surface area contributed by atoms with E-state index >= 15 is 0 Å². The van der Waals surface area contributed by atoms with Crippen molar-refractivity contribution in [2.24, 2.45) is 0 Å². The quantitative estimate of drug-likeness (QED) is 0.661. The summed E-state index contributed by atoms with van der Waals surface area (Å²) in [5, 5.41) is 14.1. The van der Waals surface area contributed by atoms with Crippen molar-refractivity contribution in [3.05, 3.63) is 64.5 Å².